The van der Waals surface area contributed by atoms with Crippen molar-refractivity contribution in [2.45, 2.75) is 6.18 Å². The largest absolute Gasteiger partial charge is 0.673 e. The molecule has 1 aromatic carbocycles. The minimum atomic E-state index is -6.00. The molecule has 94 valence electrons. The molecule has 0 spiro atoms. The Morgan fingerprint density at radius 2 is 1.41 bits per heavy atom. The average Bonchev–Trinajstić information content (AvgIpc) is 2.14. The first-order valence-corrected chi connectivity index (χ1v) is 3.94. The summed E-state index contributed by atoms with van der Waals surface area (Å²) in [6.45, 7) is 0. The van der Waals surface area contributed by atoms with Crippen LogP contribution in [0.5, 0.6) is 0 Å². The van der Waals surface area contributed by atoms with Gasteiger partial charge in [-0.25, -0.2) is 0 Å². The van der Waals surface area contributed by atoms with Gasteiger partial charge in [-0.05, 0) is 6.07 Å². The van der Waals surface area contributed by atoms with Crippen LogP contribution in [-0.4, -0.2) is 7.25 Å². The number of diazo groups is 1. The molecule has 0 saturated heterocycles. The van der Waals surface area contributed by atoms with Gasteiger partial charge in [0, 0.05) is 6.07 Å². The van der Waals surface area contributed by atoms with E-state index in [9.17, 15) is 30.4 Å². The molecule has 1 aromatic rings. The van der Waals surface area contributed by atoms with E-state index in [1.54, 1.807) is 0 Å². The molecule has 0 fully saturated rings. The third-order valence-corrected chi connectivity index (χ3v) is 1.32. The summed E-state index contributed by atoms with van der Waals surface area (Å²) in [5.74, 6) is 0. The second kappa shape index (κ2) is 5.52. The van der Waals surface area contributed by atoms with Gasteiger partial charge >= 0.3 is 19.1 Å². The van der Waals surface area contributed by atoms with Gasteiger partial charge in [0.05, 0.1) is 0 Å². The molecule has 0 N–H and O–H groups in total. The molecule has 0 atom stereocenters. The maximum Gasteiger partial charge on any atom is 0.673 e. The van der Waals surface area contributed by atoms with Crippen molar-refractivity contribution in [3.63, 3.8) is 0 Å². The maximum absolute atomic E-state index is 12.1. The second-order valence-corrected chi connectivity index (χ2v) is 2.61. The van der Waals surface area contributed by atoms with Crippen LogP contribution in [0, 0.1) is 5.39 Å². The van der Waals surface area contributed by atoms with Crippen LogP contribution in [0.2, 0.25) is 0 Å². The number of nitrogens with zero attached hydrogens (tertiary/aromatic N) is 2. The Labute approximate surface area is 90.8 Å². The van der Waals surface area contributed by atoms with Crippen LogP contribution in [0.4, 0.5) is 36.1 Å². The zero-order valence-corrected chi connectivity index (χ0v) is 7.93. The van der Waals surface area contributed by atoms with Gasteiger partial charge in [-0.3, -0.25) is 0 Å². The van der Waals surface area contributed by atoms with Gasteiger partial charge in [-0.15, -0.1) is 0 Å². The van der Waals surface area contributed by atoms with E-state index < -0.39 is 24.7 Å². The van der Waals surface area contributed by atoms with Crippen LogP contribution >= 0.6 is 0 Å². The minimum Gasteiger partial charge on any atom is -0.418 e. The maximum atomic E-state index is 12.1. The summed E-state index contributed by atoms with van der Waals surface area (Å²) in [5.41, 5.74) is -1.41. The number of hydrogen-bond acceptors (Lipinski definition) is 1. The molecule has 0 saturated carbocycles. The highest BCUT2D eigenvalue weighted by atomic mass is 19.5. The van der Waals surface area contributed by atoms with E-state index in [-0.39, 0.29) is 0 Å². The normalized spacial score (nSPS) is 11.2. The zero-order chi connectivity index (χ0) is 13.7. The van der Waals surface area contributed by atoms with Gasteiger partial charge in [0.25, 0.3) is 0 Å². The number of benzene rings is 1. The number of hydrogen-bond donors (Lipinski definition) is 0. The highest BCUT2D eigenvalue weighted by Gasteiger charge is 2.38. The first-order chi connectivity index (χ1) is 7.55. The molecule has 0 aliphatic carbocycles. The fraction of sp³-hybridized carbons (Fsp3) is 0.143. The molecule has 2 nitrogen and oxygen atoms in total. The Bertz CT molecular complexity index is 400. The molecule has 0 radical (unpaired) electrons. The molecule has 10 heteroatoms. The van der Waals surface area contributed by atoms with Crippen molar-refractivity contribution in [1.29, 1.82) is 5.39 Å². The van der Waals surface area contributed by atoms with E-state index >= 15 is 0 Å². The number of halogens is 7. The topological polar surface area (TPSA) is 28.1 Å². The Hall–Kier alpha value is -1.79. The fourth-order valence-electron chi connectivity index (χ4n) is 0.801. The van der Waals surface area contributed by atoms with Gasteiger partial charge in [0.1, 0.15) is 0 Å². The Morgan fingerprint density at radius 1 is 1.00 bits per heavy atom. The van der Waals surface area contributed by atoms with E-state index in [1.807, 2.05) is 0 Å². The van der Waals surface area contributed by atoms with Crippen LogP contribution in [0.15, 0.2) is 24.3 Å². The van der Waals surface area contributed by atoms with E-state index in [2.05, 4.69) is 4.98 Å². The lowest BCUT2D eigenvalue weighted by Gasteiger charge is -2.01. The standard InChI is InChI=1S/C7H4F3N2.BF4/c8-7(9,10)5-3-1-2-4-6(5)12-11;2-1(3,4)5/h1-4H;/q+1;-1. The Balaban J connectivity index is 0.000000437. The van der Waals surface area contributed by atoms with E-state index in [1.165, 1.54) is 12.1 Å². The third kappa shape index (κ3) is 7.16. The van der Waals surface area contributed by atoms with E-state index in [0.717, 1.165) is 12.1 Å². The van der Waals surface area contributed by atoms with Crippen molar-refractivity contribution in [2.75, 3.05) is 0 Å². The monoisotopic (exact) mass is 260 g/mol. The van der Waals surface area contributed by atoms with Gasteiger partial charge < -0.3 is 17.3 Å². The summed E-state index contributed by atoms with van der Waals surface area (Å²) >= 11 is 0. The lowest BCUT2D eigenvalue weighted by Crippen LogP contribution is -2.04. The Morgan fingerprint density at radius 3 is 1.71 bits per heavy atom. The average molecular weight is 260 g/mol. The number of rotatable bonds is 0. The first kappa shape index (κ1) is 15.2. The molecular formula is C7H4BF7N2. The zero-order valence-electron chi connectivity index (χ0n) is 7.93. The van der Waals surface area contributed by atoms with Crippen LogP contribution < -0.4 is 0 Å². The molecule has 0 aromatic heterocycles. The van der Waals surface area contributed by atoms with Crippen molar-refractivity contribution < 1.29 is 30.4 Å². The predicted octanol–water partition coefficient (Wildman–Crippen LogP) is 4.49. The molecule has 0 unspecified atom stereocenters. The van der Waals surface area contributed by atoms with Gasteiger partial charge in [0.2, 0.25) is 5.39 Å². The smallest absolute Gasteiger partial charge is 0.418 e. The molecule has 0 heterocycles. The highest BCUT2D eigenvalue weighted by Crippen LogP contribution is 2.35. The van der Waals surface area contributed by atoms with Crippen molar-refractivity contribution in [3.05, 3.63) is 34.8 Å². The summed E-state index contributed by atoms with van der Waals surface area (Å²) in [5, 5.41) is 8.21. The molecule has 1 rings (SSSR count). The van der Waals surface area contributed by atoms with Gasteiger partial charge in [-0.2, -0.15) is 13.2 Å². The summed E-state index contributed by atoms with van der Waals surface area (Å²) in [6, 6.07) is 4.54. The predicted molar refractivity (Wildman–Crippen MR) is 46.4 cm³/mol. The summed E-state index contributed by atoms with van der Waals surface area (Å²) in [7, 11) is -6.00. The third-order valence-electron chi connectivity index (χ3n) is 1.32. The quantitative estimate of drug-likeness (QED) is 0.383. The van der Waals surface area contributed by atoms with Crippen LogP contribution in [0.25, 0.3) is 4.98 Å². The Kier molecular flexibility index (Phi) is 4.94. The van der Waals surface area contributed by atoms with Crippen molar-refractivity contribution in [2.24, 2.45) is 0 Å². The second-order valence-electron chi connectivity index (χ2n) is 2.61. The highest BCUT2D eigenvalue weighted by molar-refractivity contribution is 6.50. The summed E-state index contributed by atoms with van der Waals surface area (Å²) in [4.78, 5) is 2.52. The minimum absolute atomic E-state index is 0.468. The SMILES string of the molecule is F[B-](F)(F)F.N#[N+]c1ccccc1C(F)(F)F. The first-order valence-electron chi connectivity index (χ1n) is 3.94. The van der Waals surface area contributed by atoms with Gasteiger partial charge in [-0.1, -0.05) is 12.1 Å². The molecule has 17 heavy (non-hydrogen) atoms. The van der Waals surface area contributed by atoms with Crippen molar-refractivity contribution in [3.8, 4) is 0 Å². The van der Waals surface area contributed by atoms with Crippen LogP contribution in [-0.2, 0) is 6.18 Å². The van der Waals surface area contributed by atoms with E-state index in [0.29, 0.717) is 0 Å². The molecule has 0 amide bonds. The van der Waals surface area contributed by atoms with Crippen LogP contribution in [0.1, 0.15) is 5.56 Å². The fourth-order valence-corrected chi connectivity index (χ4v) is 0.801. The lowest BCUT2D eigenvalue weighted by molar-refractivity contribution is -0.136. The number of alkyl halides is 3. The van der Waals surface area contributed by atoms with Crippen molar-refractivity contribution >= 4 is 12.9 Å². The summed E-state index contributed by atoms with van der Waals surface area (Å²) < 4.78 is 75.2. The van der Waals surface area contributed by atoms with Crippen molar-refractivity contribution in [1.82, 2.24) is 0 Å². The van der Waals surface area contributed by atoms with E-state index in [4.69, 9.17) is 5.39 Å². The molecule has 0 aliphatic heterocycles. The summed E-state index contributed by atoms with van der Waals surface area (Å²) in [6.07, 6.45) is -4.47. The molecule has 0 bridgehead atoms. The van der Waals surface area contributed by atoms with Crippen LogP contribution in [0.3, 0.4) is 0 Å². The molecular weight excluding hydrogens is 256 g/mol. The molecule has 0 aliphatic rings. The van der Waals surface area contributed by atoms with Gasteiger partial charge in [0.15, 0.2) is 10.5 Å². The lowest BCUT2D eigenvalue weighted by atomic mass is 10.2.